The zero-order chi connectivity index (χ0) is 24.0. The molecule has 0 spiro atoms. The Balaban J connectivity index is 2.05. The van der Waals surface area contributed by atoms with Gasteiger partial charge >= 0.3 is 0 Å². The van der Waals surface area contributed by atoms with Crippen LogP contribution >= 0.6 is 34.2 Å². The van der Waals surface area contributed by atoms with Gasteiger partial charge in [0.25, 0.3) is 11.8 Å². The number of hydrogen-bond donors (Lipinski definition) is 1. The highest BCUT2D eigenvalue weighted by molar-refractivity contribution is 14.1. The highest BCUT2D eigenvalue weighted by Crippen LogP contribution is 2.40. The van der Waals surface area contributed by atoms with Gasteiger partial charge in [-0.25, -0.2) is 0 Å². The van der Waals surface area contributed by atoms with Crippen molar-refractivity contribution in [1.82, 2.24) is 10.2 Å². The molecular weight excluding hydrogens is 563 g/mol. The molecular formula is C23H24ClIN2O6. The van der Waals surface area contributed by atoms with Gasteiger partial charge in [0, 0.05) is 22.2 Å². The van der Waals surface area contributed by atoms with E-state index in [0.717, 1.165) is 3.57 Å². The number of carbonyl (C=O) groups excluding carboxylic acids is 2. The third-order valence-corrected chi connectivity index (χ3v) is 5.98. The van der Waals surface area contributed by atoms with E-state index in [1.807, 2.05) is 0 Å². The summed E-state index contributed by atoms with van der Waals surface area (Å²) in [6.07, 6.45) is 1.55. The summed E-state index contributed by atoms with van der Waals surface area (Å²) in [5, 5.41) is 3.03. The molecule has 0 aromatic heterocycles. The molecule has 3 rings (SSSR count). The third kappa shape index (κ3) is 5.90. The molecule has 8 nitrogen and oxygen atoms in total. The number of carbonyl (C=O) groups is 2. The van der Waals surface area contributed by atoms with Gasteiger partial charge in [0.2, 0.25) is 5.75 Å². The van der Waals surface area contributed by atoms with E-state index in [-0.39, 0.29) is 22.2 Å². The lowest BCUT2D eigenvalue weighted by Gasteiger charge is -2.28. The monoisotopic (exact) mass is 586 g/mol. The lowest BCUT2D eigenvalue weighted by Crippen LogP contribution is -2.44. The standard InChI is InChI=1S/C23H24ClIN2O6/c1-30-19-7-4-14(20(31-2)21(19)32-3)12-18(23(29)27-8-10-33-11-9-27)26-22(28)16-13-15(25)5-6-17(16)24/h4-7,12-13H,8-11H2,1-3H3,(H,26,28)/b18-12+. The van der Waals surface area contributed by atoms with E-state index in [2.05, 4.69) is 27.9 Å². The van der Waals surface area contributed by atoms with Gasteiger partial charge in [0.1, 0.15) is 5.70 Å². The number of nitrogens with zero attached hydrogens (tertiary/aromatic N) is 1. The lowest BCUT2D eigenvalue weighted by molar-refractivity contribution is -0.131. The summed E-state index contributed by atoms with van der Waals surface area (Å²) < 4.78 is 22.5. The molecule has 0 aliphatic carbocycles. The number of nitrogens with one attached hydrogen (secondary N) is 1. The molecule has 176 valence electrons. The smallest absolute Gasteiger partial charge is 0.270 e. The van der Waals surface area contributed by atoms with Gasteiger partial charge in [-0.3, -0.25) is 9.59 Å². The van der Waals surface area contributed by atoms with Crippen molar-refractivity contribution in [2.75, 3.05) is 47.6 Å². The predicted octanol–water partition coefficient (Wildman–Crippen LogP) is 3.60. The fourth-order valence-electron chi connectivity index (χ4n) is 3.34. The Morgan fingerprint density at radius 1 is 1.06 bits per heavy atom. The van der Waals surface area contributed by atoms with Gasteiger partial charge in [-0.2, -0.15) is 0 Å². The molecule has 1 saturated heterocycles. The molecule has 0 saturated carbocycles. The quantitative estimate of drug-likeness (QED) is 0.394. The van der Waals surface area contributed by atoms with Crippen molar-refractivity contribution in [2.45, 2.75) is 0 Å². The van der Waals surface area contributed by atoms with E-state index in [0.29, 0.717) is 49.1 Å². The van der Waals surface area contributed by atoms with E-state index in [4.69, 9.17) is 30.5 Å². The molecule has 2 aromatic carbocycles. The second-order valence-corrected chi connectivity index (χ2v) is 8.62. The number of rotatable bonds is 7. The van der Waals surface area contributed by atoms with E-state index >= 15 is 0 Å². The molecule has 1 heterocycles. The summed E-state index contributed by atoms with van der Waals surface area (Å²) in [6.45, 7) is 1.68. The van der Waals surface area contributed by atoms with Crippen molar-refractivity contribution < 1.29 is 28.5 Å². The molecule has 10 heteroatoms. The van der Waals surface area contributed by atoms with E-state index in [1.54, 1.807) is 41.3 Å². The van der Waals surface area contributed by atoms with Crippen LogP contribution in [0.1, 0.15) is 15.9 Å². The van der Waals surface area contributed by atoms with Crippen molar-refractivity contribution in [2.24, 2.45) is 0 Å². The summed E-state index contributed by atoms with van der Waals surface area (Å²) in [5.41, 5.74) is 0.867. The van der Waals surface area contributed by atoms with Crippen LogP contribution in [0.2, 0.25) is 5.02 Å². The van der Waals surface area contributed by atoms with Gasteiger partial charge in [0.05, 0.1) is 45.1 Å². The van der Waals surface area contributed by atoms with Crippen molar-refractivity contribution in [1.29, 1.82) is 0 Å². The summed E-state index contributed by atoms with van der Waals surface area (Å²) in [7, 11) is 4.50. The number of benzene rings is 2. The van der Waals surface area contributed by atoms with Gasteiger partial charge in [0.15, 0.2) is 11.5 Å². The van der Waals surface area contributed by atoms with Crippen LogP contribution < -0.4 is 19.5 Å². The normalized spacial score (nSPS) is 14.0. The molecule has 0 radical (unpaired) electrons. The summed E-state index contributed by atoms with van der Waals surface area (Å²) in [4.78, 5) is 28.1. The highest BCUT2D eigenvalue weighted by Gasteiger charge is 2.25. The van der Waals surface area contributed by atoms with Crippen molar-refractivity contribution in [3.05, 3.63) is 55.7 Å². The van der Waals surface area contributed by atoms with Gasteiger partial charge in [-0.05, 0) is 59.0 Å². The number of halogens is 2. The van der Waals surface area contributed by atoms with Crippen molar-refractivity contribution >= 4 is 52.1 Å². The highest BCUT2D eigenvalue weighted by atomic mass is 127. The Bertz CT molecular complexity index is 1070. The Morgan fingerprint density at radius 2 is 1.76 bits per heavy atom. The summed E-state index contributed by atoms with van der Waals surface area (Å²) in [6, 6.07) is 8.51. The molecule has 2 aromatic rings. The summed E-state index contributed by atoms with van der Waals surface area (Å²) >= 11 is 8.33. The van der Waals surface area contributed by atoms with Crippen LogP contribution in [0.5, 0.6) is 17.2 Å². The van der Waals surface area contributed by atoms with Crippen LogP contribution in [-0.4, -0.2) is 64.3 Å². The minimum atomic E-state index is -0.495. The van der Waals surface area contributed by atoms with Gasteiger partial charge in [-0.1, -0.05) is 11.6 Å². The van der Waals surface area contributed by atoms with E-state index in [9.17, 15) is 9.59 Å². The first-order valence-electron chi connectivity index (χ1n) is 10.0. The van der Waals surface area contributed by atoms with Crippen molar-refractivity contribution in [3.63, 3.8) is 0 Å². The molecule has 0 atom stereocenters. The Hall–Kier alpha value is -2.50. The minimum absolute atomic E-state index is 0.0716. The molecule has 2 amide bonds. The van der Waals surface area contributed by atoms with E-state index in [1.165, 1.54) is 21.3 Å². The van der Waals surface area contributed by atoms with Crippen LogP contribution in [-0.2, 0) is 9.53 Å². The Morgan fingerprint density at radius 3 is 2.39 bits per heavy atom. The van der Waals surface area contributed by atoms with Crippen LogP contribution in [0, 0.1) is 3.57 Å². The fourth-order valence-corrected chi connectivity index (χ4v) is 4.04. The fraction of sp³-hybridized carbons (Fsp3) is 0.304. The summed E-state index contributed by atoms with van der Waals surface area (Å²) in [5.74, 6) is 0.378. The van der Waals surface area contributed by atoms with Crippen LogP contribution in [0.4, 0.5) is 0 Å². The maximum Gasteiger partial charge on any atom is 0.270 e. The molecule has 0 bridgehead atoms. The number of amides is 2. The average molecular weight is 587 g/mol. The third-order valence-electron chi connectivity index (χ3n) is 4.98. The van der Waals surface area contributed by atoms with Gasteiger partial charge in [-0.15, -0.1) is 0 Å². The number of morpholine rings is 1. The molecule has 33 heavy (non-hydrogen) atoms. The molecule has 1 aliphatic rings. The Kier molecular flexibility index (Phi) is 8.81. The maximum absolute atomic E-state index is 13.4. The number of hydrogen-bond acceptors (Lipinski definition) is 6. The first kappa shape index (κ1) is 25.1. The average Bonchev–Trinajstić information content (AvgIpc) is 2.84. The molecule has 0 unspecified atom stereocenters. The van der Waals surface area contributed by atoms with E-state index < -0.39 is 5.91 Å². The zero-order valence-electron chi connectivity index (χ0n) is 18.4. The zero-order valence-corrected chi connectivity index (χ0v) is 21.4. The number of ether oxygens (including phenoxy) is 4. The van der Waals surface area contributed by atoms with Gasteiger partial charge < -0.3 is 29.2 Å². The predicted molar refractivity (Wildman–Crippen MR) is 133 cm³/mol. The van der Waals surface area contributed by atoms with Crippen LogP contribution in [0.25, 0.3) is 6.08 Å². The maximum atomic E-state index is 13.4. The van der Waals surface area contributed by atoms with Crippen LogP contribution in [0.3, 0.4) is 0 Å². The topological polar surface area (TPSA) is 86.3 Å². The van der Waals surface area contributed by atoms with Crippen LogP contribution in [0.15, 0.2) is 36.0 Å². The first-order valence-corrected chi connectivity index (χ1v) is 11.5. The lowest BCUT2D eigenvalue weighted by atomic mass is 10.1. The molecule has 1 aliphatic heterocycles. The second-order valence-electron chi connectivity index (χ2n) is 6.96. The number of methoxy groups -OCH3 is 3. The SMILES string of the molecule is COc1ccc(/C=C(/NC(=O)c2cc(I)ccc2Cl)C(=O)N2CCOCC2)c(OC)c1OC. The first-order chi connectivity index (χ1) is 15.9. The Labute approximate surface area is 210 Å². The molecule has 1 N–H and O–H groups in total. The molecule has 1 fully saturated rings. The van der Waals surface area contributed by atoms with Crippen molar-refractivity contribution in [3.8, 4) is 17.2 Å². The second kappa shape index (κ2) is 11.6. The largest absolute Gasteiger partial charge is 0.493 e. The minimum Gasteiger partial charge on any atom is -0.493 e.